The van der Waals surface area contributed by atoms with Gasteiger partial charge >= 0.3 is 0 Å². The maximum atomic E-state index is 14.3. The Morgan fingerprint density at radius 1 is 1.27 bits per heavy atom. The number of amides is 3. The molecule has 0 unspecified atom stereocenters. The van der Waals surface area contributed by atoms with Crippen LogP contribution in [0.3, 0.4) is 0 Å². The maximum absolute atomic E-state index is 14.3. The van der Waals surface area contributed by atoms with Crippen molar-refractivity contribution in [2.75, 3.05) is 31.1 Å². The largest absolute Gasteiger partial charge is 0.335 e. The van der Waals surface area contributed by atoms with Gasteiger partial charge in [-0.05, 0) is 37.6 Å². The van der Waals surface area contributed by atoms with Gasteiger partial charge in [0.25, 0.3) is 5.91 Å². The number of carbonyl (C=O) groups is 3. The van der Waals surface area contributed by atoms with Crippen molar-refractivity contribution in [3.63, 3.8) is 0 Å². The fraction of sp³-hybridized carbons (Fsp3) is 0.421. The SMILES string of the molecule is C=CC(=O)N1CCN(C(=O)c2cc(N3CCCC3=O)ccc2F)[C@@H](C)C1. The summed E-state index contributed by atoms with van der Waals surface area (Å²) in [5.74, 6) is -1.22. The van der Waals surface area contributed by atoms with Gasteiger partial charge in [-0.1, -0.05) is 6.58 Å². The van der Waals surface area contributed by atoms with Gasteiger partial charge in [-0.15, -0.1) is 0 Å². The molecule has 0 aliphatic carbocycles. The molecule has 2 aliphatic rings. The lowest BCUT2D eigenvalue weighted by Crippen LogP contribution is -2.55. The van der Waals surface area contributed by atoms with E-state index in [1.54, 1.807) is 14.7 Å². The topological polar surface area (TPSA) is 60.9 Å². The zero-order valence-corrected chi connectivity index (χ0v) is 14.8. The number of rotatable bonds is 3. The van der Waals surface area contributed by atoms with Crippen molar-refractivity contribution in [2.24, 2.45) is 0 Å². The number of piperazine rings is 1. The maximum Gasteiger partial charge on any atom is 0.257 e. The lowest BCUT2D eigenvalue weighted by Gasteiger charge is -2.39. The highest BCUT2D eigenvalue weighted by molar-refractivity contribution is 5.99. The molecule has 138 valence electrons. The van der Waals surface area contributed by atoms with Crippen molar-refractivity contribution < 1.29 is 18.8 Å². The van der Waals surface area contributed by atoms with Crippen molar-refractivity contribution in [1.82, 2.24) is 9.80 Å². The minimum Gasteiger partial charge on any atom is -0.335 e. The van der Waals surface area contributed by atoms with E-state index in [1.807, 2.05) is 6.92 Å². The zero-order chi connectivity index (χ0) is 18.8. The number of hydrogen-bond donors (Lipinski definition) is 0. The normalized spacial score (nSPS) is 20.5. The van der Waals surface area contributed by atoms with E-state index in [0.29, 0.717) is 38.3 Å². The number of hydrogen-bond acceptors (Lipinski definition) is 3. The van der Waals surface area contributed by atoms with Crippen LogP contribution in [0.5, 0.6) is 0 Å². The van der Waals surface area contributed by atoms with Gasteiger partial charge in [0.05, 0.1) is 5.56 Å². The second-order valence-electron chi connectivity index (χ2n) is 6.65. The first kappa shape index (κ1) is 18.1. The van der Waals surface area contributed by atoms with Crippen LogP contribution in [-0.4, -0.2) is 59.7 Å². The van der Waals surface area contributed by atoms with Crippen molar-refractivity contribution >= 4 is 23.4 Å². The summed E-state index contributed by atoms with van der Waals surface area (Å²) in [5.41, 5.74) is 0.503. The summed E-state index contributed by atoms with van der Waals surface area (Å²) >= 11 is 0. The van der Waals surface area contributed by atoms with Crippen LogP contribution in [0.4, 0.5) is 10.1 Å². The number of carbonyl (C=O) groups excluding carboxylic acids is 3. The van der Waals surface area contributed by atoms with Crippen molar-refractivity contribution in [3.05, 3.63) is 42.2 Å². The molecule has 2 saturated heterocycles. The second-order valence-corrected chi connectivity index (χ2v) is 6.65. The van der Waals surface area contributed by atoms with Crippen LogP contribution in [0.1, 0.15) is 30.1 Å². The van der Waals surface area contributed by atoms with E-state index in [1.165, 1.54) is 24.3 Å². The Kier molecular flexibility index (Phi) is 5.06. The quantitative estimate of drug-likeness (QED) is 0.774. The second kappa shape index (κ2) is 7.27. The predicted octanol–water partition coefficient (Wildman–Crippen LogP) is 1.81. The molecule has 1 aromatic carbocycles. The molecule has 0 aromatic heterocycles. The monoisotopic (exact) mass is 359 g/mol. The van der Waals surface area contributed by atoms with Gasteiger partial charge in [-0.25, -0.2) is 4.39 Å². The Balaban J connectivity index is 1.80. The van der Waals surface area contributed by atoms with E-state index in [2.05, 4.69) is 6.58 Å². The molecule has 3 rings (SSSR count). The van der Waals surface area contributed by atoms with Gasteiger partial charge in [0.15, 0.2) is 0 Å². The lowest BCUT2D eigenvalue weighted by atomic mass is 10.1. The molecule has 1 atom stereocenters. The van der Waals surface area contributed by atoms with Crippen molar-refractivity contribution in [2.45, 2.75) is 25.8 Å². The summed E-state index contributed by atoms with van der Waals surface area (Å²) in [6.45, 7) is 6.96. The number of halogens is 1. The fourth-order valence-electron chi connectivity index (χ4n) is 3.51. The van der Waals surface area contributed by atoms with Crippen molar-refractivity contribution in [3.8, 4) is 0 Å². The summed E-state index contributed by atoms with van der Waals surface area (Å²) < 4.78 is 14.3. The van der Waals surface area contributed by atoms with E-state index in [-0.39, 0.29) is 23.4 Å². The fourth-order valence-corrected chi connectivity index (χ4v) is 3.51. The van der Waals surface area contributed by atoms with E-state index >= 15 is 0 Å². The third kappa shape index (κ3) is 3.34. The van der Waals surface area contributed by atoms with Gasteiger partial charge in [0.1, 0.15) is 5.82 Å². The first-order chi connectivity index (χ1) is 12.4. The van der Waals surface area contributed by atoms with Gasteiger partial charge in [0, 0.05) is 44.3 Å². The average molecular weight is 359 g/mol. The molecular formula is C19H22FN3O3. The molecule has 7 heteroatoms. The third-order valence-electron chi connectivity index (χ3n) is 4.94. The zero-order valence-electron chi connectivity index (χ0n) is 14.8. The highest BCUT2D eigenvalue weighted by Crippen LogP contribution is 2.25. The first-order valence-electron chi connectivity index (χ1n) is 8.74. The van der Waals surface area contributed by atoms with Crippen LogP contribution in [0.25, 0.3) is 0 Å². The van der Waals surface area contributed by atoms with Crippen LogP contribution >= 0.6 is 0 Å². The Morgan fingerprint density at radius 2 is 2.04 bits per heavy atom. The summed E-state index contributed by atoms with van der Waals surface area (Å²) in [7, 11) is 0. The van der Waals surface area contributed by atoms with Crippen LogP contribution in [0.15, 0.2) is 30.9 Å². The molecule has 3 amide bonds. The molecule has 0 radical (unpaired) electrons. The Labute approximate surface area is 151 Å². The van der Waals surface area contributed by atoms with Crippen LogP contribution in [0, 0.1) is 5.82 Å². The molecule has 26 heavy (non-hydrogen) atoms. The number of benzene rings is 1. The summed E-state index contributed by atoms with van der Waals surface area (Å²) in [6.07, 6.45) is 2.48. The molecule has 2 aliphatic heterocycles. The van der Waals surface area contributed by atoms with E-state index in [0.717, 1.165) is 6.42 Å². The van der Waals surface area contributed by atoms with Crippen molar-refractivity contribution in [1.29, 1.82) is 0 Å². The predicted molar refractivity (Wildman–Crippen MR) is 95.3 cm³/mol. The summed E-state index contributed by atoms with van der Waals surface area (Å²) in [5, 5.41) is 0. The average Bonchev–Trinajstić information content (AvgIpc) is 3.06. The Bertz CT molecular complexity index is 764. The lowest BCUT2D eigenvalue weighted by molar-refractivity contribution is -0.128. The molecule has 0 N–H and O–H groups in total. The van der Waals surface area contributed by atoms with E-state index in [4.69, 9.17) is 0 Å². The first-order valence-corrected chi connectivity index (χ1v) is 8.74. The number of nitrogens with zero attached hydrogens (tertiary/aromatic N) is 3. The van der Waals surface area contributed by atoms with Gasteiger partial charge in [-0.3, -0.25) is 14.4 Å². The Hall–Kier alpha value is -2.70. The summed E-state index contributed by atoms with van der Waals surface area (Å²) in [4.78, 5) is 41.3. The number of anilines is 1. The van der Waals surface area contributed by atoms with E-state index < -0.39 is 11.7 Å². The molecule has 0 bridgehead atoms. The highest BCUT2D eigenvalue weighted by atomic mass is 19.1. The molecule has 6 nitrogen and oxygen atoms in total. The van der Waals surface area contributed by atoms with Crippen LogP contribution in [0.2, 0.25) is 0 Å². The summed E-state index contributed by atoms with van der Waals surface area (Å²) in [6, 6.07) is 3.97. The molecule has 2 fully saturated rings. The van der Waals surface area contributed by atoms with Gasteiger partial charge in [-0.2, -0.15) is 0 Å². The van der Waals surface area contributed by atoms with Crippen LogP contribution in [-0.2, 0) is 9.59 Å². The van der Waals surface area contributed by atoms with E-state index in [9.17, 15) is 18.8 Å². The molecular weight excluding hydrogens is 337 g/mol. The highest BCUT2D eigenvalue weighted by Gasteiger charge is 2.31. The molecule has 2 heterocycles. The molecule has 0 saturated carbocycles. The molecule has 1 aromatic rings. The third-order valence-corrected chi connectivity index (χ3v) is 4.94. The smallest absolute Gasteiger partial charge is 0.257 e. The van der Waals surface area contributed by atoms with Gasteiger partial charge < -0.3 is 14.7 Å². The van der Waals surface area contributed by atoms with Gasteiger partial charge in [0.2, 0.25) is 11.8 Å². The standard InChI is InChI=1S/C19H22FN3O3/c1-3-17(24)21-9-10-22(13(2)12-21)19(26)15-11-14(6-7-16(15)20)23-8-4-5-18(23)25/h3,6-7,11,13H,1,4-5,8-10,12H2,2H3/t13-/m0/s1. The molecule has 0 spiro atoms. The minimum absolute atomic E-state index is 0.0140. The van der Waals surface area contributed by atoms with Crippen LogP contribution < -0.4 is 4.90 Å². The Morgan fingerprint density at radius 3 is 2.65 bits per heavy atom. The minimum atomic E-state index is -0.609.